The van der Waals surface area contributed by atoms with E-state index in [1.54, 1.807) is 18.9 Å². The molecule has 0 saturated carbocycles. The van der Waals surface area contributed by atoms with Gasteiger partial charge < -0.3 is 25.3 Å². The van der Waals surface area contributed by atoms with Crippen LogP contribution in [0, 0.1) is 11.8 Å². The summed E-state index contributed by atoms with van der Waals surface area (Å²) in [5, 5.41) is 22.2. The maximum absolute atomic E-state index is 12.3. The largest absolute Gasteiger partial charge is 0.477 e. The number of aliphatic carboxylic acids is 1. The van der Waals surface area contributed by atoms with Crippen LogP contribution < -0.4 is 5.32 Å². The number of carbonyl (C=O) groups excluding carboxylic acids is 2. The second kappa shape index (κ2) is 5.96. The quantitative estimate of drug-likeness (QED) is 0.607. The maximum Gasteiger partial charge on any atom is 0.353 e. The normalized spacial score (nSPS) is 34.0. The molecule has 0 aromatic carbocycles. The fourth-order valence-electron chi connectivity index (χ4n) is 3.73. The monoisotopic (exact) mass is 355 g/mol. The standard InChI is InChI=1S/C15H21N3O5S/c1-6-10-9(7(2)19)13(20)18(10)11(14(21)22)12(6)24-8-4-16-15(23)17(3)5-8/h6-10,19H,4-5H2,1-3H3,(H,16,23)(H,21,22)/t6-,7-,8?,9-,10-/m1/s1. The van der Waals surface area contributed by atoms with E-state index in [0.29, 0.717) is 18.0 Å². The second-order valence-electron chi connectivity index (χ2n) is 6.58. The van der Waals surface area contributed by atoms with Crippen LogP contribution >= 0.6 is 11.8 Å². The minimum atomic E-state index is -1.13. The lowest BCUT2D eigenvalue weighted by Crippen LogP contribution is -2.63. The van der Waals surface area contributed by atoms with Crippen LogP contribution in [-0.2, 0) is 9.59 Å². The van der Waals surface area contributed by atoms with Crippen molar-refractivity contribution in [1.29, 1.82) is 0 Å². The molecule has 9 heteroatoms. The molecule has 24 heavy (non-hydrogen) atoms. The summed E-state index contributed by atoms with van der Waals surface area (Å²) >= 11 is 1.41. The Morgan fingerprint density at radius 1 is 1.42 bits per heavy atom. The van der Waals surface area contributed by atoms with Crippen molar-refractivity contribution in [3.8, 4) is 0 Å². The van der Waals surface area contributed by atoms with Gasteiger partial charge >= 0.3 is 12.0 Å². The number of carbonyl (C=O) groups is 3. The lowest BCUT2D eigenvalue weighted by molar-refractivity contribution is -0.163. The van der Waals surface area contributed by atoms with Crippen molar-refractivity contribution in [3.05, 3.63) is 10.6 Å². The molecule has 8 nitrogen and oxygen atoms in total. The van der Waals surface area contributed by atoms with Crippen molar-refractivity contribution in [2.75, 3.05) is 20.1 Å². The van der Waals surface area contributed by atoms with Gasteiger partial charge in [-0.25, -0.2) is 9.59 Å². The molecule has 3 aliphatic heterocycles. The number of hydrogen-bond donors (Lipinski definition) is 3. The van der Waals surface area contributed by atoms with Crippen LogP contribution in [0.5, 0.6) is 0 Å². The Kier molecular flexibility index (Phi) is 4.25. The molecule has 0 spiro atoms. The summed E-state index contributed by atoms with van der Waals surface area (Å²) in [6.07, 6.45) is -0.805. The minimum Gasteiger partial charge on any atom is -0.477 e. The Labute approximate surface area is 143 Å². The number of amides is 3. The van der Waals surface area contributed by atoms with Gasteiger partial charge in [0.25, 0.3) is 0 Å². The average molecular weight is 355 g/mol. The van der Waals surface area contributed by atoms with E-state index in [1.165, 1.54) is 16.7 Å². The molecule has 2 fully saturated rings. The van der Waals surface area contributed by atoms with Crippen LogP contribution in [0.2, 0.25) is 0 Å². The van der Waals surface area contributed by atoms with Crippen molar-refractivity contribution in [1.82, 2.24) is 15.1 Å². The molecule has 3 rings (SSSR count). The van der Waals surface area contributed by atoms with Gasteiger partial charge in [0.1, 0.15) is 5.70 Å². The van der Waals surface area contributed by atoms with Crippen LogP contribution in [0.15, 0.2) is 10.6 Å². The molecule has 3 N–H and O–H groups in total. The summed E-state index contributed by atoms with van der Waals surface area (Å²) in [5.41, 5.74) is 0.0268. The molecular formula is C15H21N3O5S. The van der Waals surface area contributed by atoms with Crippen LogP contribution in [0.4, 0.5) is 4.79 Å². The molecule has 2 saturated heterocycles. The average Bonchev–Trinajstić information content (AvgIpc) is 2.73. The zero-order valence-electron chi connectivity index (χ0n) is 13.7. The van der Waals surface area contributed by atoms with E-state index < -0.39 is 18.0 Å². The molecule has 3 aliphatic rings. The number of nitrogens with zero attached hydrogens (tertiary/aromatic N) is 2. The summed E-state index contributed by atoms with van der Waals surface area (Å²) < 4.78 is 0. The highest BCUT2D eigenvalue weighted by Crippen LogP contribution is 2.51. The number of thioether (sulfide) groups is 1. The first-order valence-electron chi connectivity index (χ1n) is 7.88. The third-order valence-electron chi connectivity index (χ3n) is 4.91. The Balaban J connectivity index is 1.85. The Hall–Kier alpha value is -1.74. The third kappa shape index (κ3) is 2.46. The number of β-lactam (4-membered cyclic amide) rings is 1. The lowest BCUT2D eigenvalue weighted by atomic mass is 9.79. The van der Waals surface area contributed by atoms with Gasteiger partial charge in [0, 0.05) is 36.2 Å². The molecule has 0 aromatic rings. The first kappa shape index (κ1) is 17.1. The molecular weight excluding hydrogens is 334 g/mol. The van der Waals surface area contributed by atoms with Crippen LogP contribution in [-0.4, -0.2) is 75.5 Å². The molecule has 0 radical (unpaired) electrons. The van der Waals surface area contributed by atoms with E-state index in [-0.39, 0.29) is 34.8 Å². The van der Waals surface area contributed by atoms with E-state index in [4.69, 9.17) is 0 Å². The van der Waals surface area contributed by atoms with Crippen LogP contribution in [0.3, 0.4) is 0 Å². The van der Waals surface area contributed by atoms with Gasteiger partial charge in [-0.2, -0.15) is 0 Å². The minimum absolute atomic E-state index is 0.0123. The van der Waals surface area contributed by atoms with Crippen LogP contribution in [0.25, 0.3) is 0 Å². The predicted molar refractivity (Wildman–Crippen MR) is 87.0 cm³/mol. The Morgan fingerprint density at radius 2 is 2.08 bits per heavy atom. The molecule has 0 aromatic heterocycles. The van der Waals surface area contributed by atoms with Gasteiger partial charge in [-0.15, -0.1) is 11.8 Å². The van der Waals surface area contributed by atoms with Crippen molar-refractivity contribution in [3.63, 3.8) is 0 Å². The first-order valence-corrected chi connectivity index (χ1v) is 8.76. The lowest BCUT2D eigenvalue weighted by Gasteiger charge is -2.46. The third-order valence-corrected chi connectivity index (χ3v) is 6.38. The highest BCUT2D eigenvalue weighted by Gasteiger charge is 2.60. The fraction of sp³-hybridized carbons (Fsp3) is 0.667. The van der Waals surface area contributed by atoms with Crippen molar-refractivity contribution in [2.45, 2.75) is 31.2 Å². The van der Waals surface area contributed by atoms with E-state index in [9.17, 15) is 24.6 Å². The number of rotatable bonds is 4. The summed E-state index contributed by atoms with van der Waals surface area (Å²) in [7, 11) is 1.69. The molecule has 0 aliphatic carbocycles. The highest BCUT2D eigenvalue weighted by molar-refractivity contribution is 8.03. The van der Waals surface area contributed by atoms with Gasteiger partial charge in [0.05, 0.1) is 18.1 Å². The maximum atomic E-state index is 12.3. The Bertz CT molecular complexity index is 635. The SMILES string of the molecule is C[C@@H](O)[C@H]1C(=O)N2C(C(=O)O)=C(SC3CNC(=O)N(C)C3)[C@H](C)[C@H]12. The topological polar surface area (TPSA) is 110 Å². The number of aliphatic hydroxyl groups excluding tert-OH is 1. The van der Waals surface area contributed by atoms with E-state index in [0.717, 1.165) is 0 Å². The summed E-state index contributed by atoms with van der Waals surface area (Å²) in [6.45, 7) is 4.42. The van der Waals surface area contributed by atoms with Gasteiger partial charge in [-0.1, -0.05) is 6.92 Å². The number of hydrogen-bond acceptors (Lipinski definition) is 5. The number of carboxylic acids is 1. The fourth-order valence-corrected chi connectivity index (χ4v) is 5.20. The highest BCUT2D eigenvalue weighted by atomic mass is 32.2. The number of aliphatic hydroxyl groups is 1. The number of nitrogens with one attached hydrogen (secondary N) is 1. The van der Waals surface area contributed by atoms with Crippen molar-refractivity contribution >= 4 is 29.7 Å². The summed E-state index contributed by atoms with van der Waals surface area (Å²) in [6, 6.07) is -0.450. The first-order chi connectivity index (χ1) is 11.2. The number of fused-ring (bicyclic) bond motifs is 1. The molecule has 132 valence electrons. The second-order valence-corrected chi connectivity index (χ2v) is 7.92. The zero-order valence-corrected chi connectivity index (χ0v) is 14.5. The van der Waals surface area contributed by atoms with Crippen LogP contribution in [0.1, 0.15) is 13.8 Å². The zero-order chi connectivity index (χ0) is 17.8. The molecule has 1 unspecified atom stereocenters. The molecule has 0 bridgehead atoms. The number of urea groups is 1. The van der Waals surface area contributed by atoms with E-state index in [2.05, 4.69) is 5.32 Å². The molecule has 3 amide bonds. The molecule has 3 heterocycles. The van der Waals surface area contributed by atoms with Crippen molar-refractivity contribution in [2.24, 2.45) is 11.8 Å². The van der Waals surface area contributed by atoms with Crippen molar-refractivity contribution < 1.29 is 24.6 Å². The molecule has 5 atom stereocenters. The Morgan fingerprint density at radius 3 is 2.62 bits per heavy atom. The summed E-state index contributed by atoms with van der Waals surface area (Å²) in [4.78, 5) is 39.0. The van der Waals surface area contributed by atoms with Gasteiger partial charge in [-0.3, -0.25) is 4.79 Å². The smallest absolute Gasteiger partial charge is 0.353 e. The van der Waals surface area contributed by atoms with Gasteiger partial charge in [-0.05, 0) is 6.92 Å². The van der Waals surface area contributed by atoms with Gasteiger partial charge in [0.15, 0.2) is 0 Å². The van der Waals surface area contributed by atoms with Gasteiger partial charge in [0.2, 0.25) is 5.91 Å². The number of carboxylic acid groups (broad SMARTS) is 1. The van der Waals surface area contributed by atoms with E-state index in [1.807, 2.05) is 6.92 Å². The predicted octanol–water partition coefficient (Wildman–Crippen LogP) is -0.103. The van der Waals surface area contributed by atoms with E-state index >= 15 is 0 Å². The summed E-state index contributed by atoms with van der Waals surface area (Å²) in [5.74, 6) is -2.16.